The molecule has 2 aliphatic rings. The third kappa shape index (κ3) is 4.22. The normalized spacial score (nSPS) is 16.3. The number of carboxylic acids is 1. The van der Waals surface area contributed by atoms with Crippen LogP contribution >= 0.6 is 0 Å². The minimum atomic E-state index is -1.02. The Kier molecular flexibility index (Phi) is 6.70. The Morgan fingerprint density at radius 2 is 1.28 bits per heavy atom. The van der Waals surface area contributed by atoms with E-state index in [1.807, 2.05) is 54.6 Å². The van der Waals surface area contributed by atoms with Gasteiger partial charge in [-0.1, -0.05) is 85.3 Å². The number of nitrogens with zero attached hydrogens (tertiary/aromatic N) is 2. The number of piperazine rings is 1. The SMILES string of the molecule is O=C(C(=O)N1CCN(CCCCC2(C(=O)O)c3ccccc3-c3ccccc32)CC1)c1ccccc1. The first-order valence-corrected chi connectivity index (χ1v) is 12.6. The molecule has 5 rings (SSSR count). The van der Waals surface area contributed by atoms with Crippen LogP contribution in [0.4, 0.5) is 0 Å². The van der Waals surface area contributed by atoms with Crippen LogP contribution in [0.1, 0.15) is 40.7 Å². The number of carbonyl (C=O) groups is 3. The van der Waals surface area contributed by atoms with E-state index in [-0.39, 0.29) is 0 Å². The number of Topliss-reactive ketones (excluding diaryl/α,β-unsaturated/α-hetero) is 1. The Hall–Kier alpha value is -3.77. The number of hydrogen-bond acceptors (Lipinski definition) is 4. The molecule has 36 heavy (non-hydrogen) atoms. The Morgan fingerprint density at radius 1 is 0.722 bits per heavy atom. The smallest absolute Gasteiger partial charge is 0.318 e. The number of hydrogen-bond donors (Lipinski definition) is 1. The van der Waals surface area contributed by atoms with Crippen LogP contribution in [0.2, 0.25) is 0 Å². The van der Waals surface area contributed by atoms with Crippen molar-refractivity contribution < 1.29 is 19.5 Å². The molecule has 1 saturated heterocycles. The third-order valence-electron chi connectivity index (χ3n) is 7.59. The molecule has 1 aliphatic heterocycles. The van der Waals surface area contributed by atoms with Crippen molar-refractivity contribution in [1.29, 1.82) is 0 Å². The molecule has 0 atom stereocenters. The number of benzene rings is 3. The van der Waals surface area contributed by atoms with Crippen LogP contribution in [-0.4, -0.2) is 65.3 Å². The van der Waals surface area contributed by atoms with Crippen LogP contribution in [0.25, 0.3) is 11.1 Å². The maximum Gasteiger partial charge on any atom is 0.318 e. The molecule has 6 heteroatoms. The Morgan fingerprint density at radius 3 is 1.86 bits per heavy atom. The first-order chi connectivity index (χ1) is 17.5. The minimum absolute atomic E-state index is 0.423. The van der Waals surface area contributed by atoms with Gasteiger partial charge in [0.05, 0.1) is 0 Å². The van der Waals surface area contributed by atoms with Crippen LogP contribution in [0.15, 0.2) is 78.9 Å². The molecule has 1 aliphatic carbocycles. The maximum atomic E-state index is 12.7. The van der Waals surface area contributed by atoms with E-state index in [4.69, 9.17) is 0 Å². The Bertz CT molecular complexity index is 1230. The van der Waals surface area contributed by atoms with E-state index in [1.54, 1.807) is 29.2 Å². The summed E-state index contributed by atoms with van der Waals surface area (Å²) >= 11 is 0. The fraction of sp³-hybridized carbons (Fsp3) is 0.300. The number of ketones is 1. The molecule has 0 spiro atoms. The number of fused-ring (bicyclic) bond motifs is 3. The quantitative estimate of drug-likeness (QED) is 0.295. The molecular formula is C30H30N2O4. The number of carboxylic acid groups (broad SMARTS) is 1. The summed E-state index contributed by atoms with van der Waals surface area (Å²) in [7, 11) is 0. The van der Waals surface area contributed by atoms with E-state index in [0.29, 0.717) is 38.2 Å². The van der Waals surface area contributed by atoms with Gasteiger partial charge in [0.2, 0.25) is 5.78 Å². The first kappa shape index (κ1) is 23.9. The number of rotatable bonds is 8. The predicted molar refractivity (Wildman–Crippen MR) is 138 cm³/mol. The maximum absolute atomic E-state index is 12.7. The van der Waals surface area contributed by atoms with Gasteiger partial charge in [-0.2, -0.15) is 0 Å². The highest BCUT2D eigenvalue weighted by atomic mass is 16.4. The summed E-state index contributed by atoms with van der Waals surface area (Å²) in [5, 5.41) is 10.4. The second kappa shape index (κ2) is 10.1. The summed E-state index contributed by atoms with van der Waals surface area (Å²) in [6, 6.07) is 24.4. The van der Waals surface area contributed by atoms with Crippen molar-refractivity contribution in [3.05, 3.63) is 95.6 Å². The molecule has 1 amide bonds. The summed E-state index contributed by atoms with van der Waals surface area (Å²) in [5.41, 5.74) is 3.20. The van der Waals surface area contributed by atoms with Crippen LogP contribution in [0, 0.1) is 0 Å². The van der Waals surface area contributed by atoms with Crippen molar-refractivity contribution >= 4 is 17.7 Å². The zero-order valence-electron chi connectivity index (χ0n) is 20.2. The van der Waals surface area contributed by atoms with Crippen LogP contribution < -0.4 is 0 Å². The zero-order chi connectivity index (χ0) is 25.1. The molecule has 0 bridgehead atoms. The fourth-order valence-corrected chi connectivity index (χ4v) is 5.69. The molecule has 0 saturated carbocycles. The average Bonchev–Trinajstić information content (AvgIpc) is 3.22. The molecule has 184 valence electrons. The van der Waals surface area contributed by atoms with Gasteiger partial charge < -0.3 is 10.0 Å². The van der Waals surface area contributed by atoms with Crippen LogP contribution in [-0.2, 0) is 15.0 Å². The lowest BCUT2D eigenvalue weighted by atomic mass is 9.74. The zero-order valence-corrected chi connectivity index (χ0v) is 20.2. The van der Waals surface area contributed by atoms with E-state index in [9.17, 15) is 19.5 Å². The lowest BCUT2D eigenvalue weighted by Crippen LogP contribution is -2.50. The third-order valence-corrected chi connectivity index (χ3v) is 7.59. The van der Waals surface area contributed by atoms with Gasteiger partial charge in [0, 0.05) is 31.7 Å². The Labute approximate surface area is 211 Å². The largest absolute Gasteiger partial charge is 0.480 e. The highest BCUT2D eigenvalue weighted by Gasteiger charge is 2.48. The molecular weight excluding hydrogens is 452 g/mol. The van der Waals surface area contributed by atoms with Crippen molar-refractivity contribution in [1.82, 2.24) is 9.80 Å². The second-order valence-electron chi connectivity index (χ2n) is 9.59. The highest BCUT2D eigenvalue weighted by molar-refractivity contribution is 6.42. The summed E-state index contributed by atoms with van der Waals surface area (Å²) < 4.78 is 0. The van der Waals surface area contributed by atoms with Crippen molar-refractivity contribution in [3.8, 4) is 11.1 Å². The fourth-order valence-electron chi connectivity index (χ4n) is 5.69. The van der Waals surface area contributed by atoms with E-state index in [0.717, 1.165) is 41.6 Å². The topological polar surface area (TPSA) is 77.9 Å². The molecule has 1 fully saturated rings. The summed E-state index contributed by atoms with van der Waals surface area (Å²) in [4.78, 5) is 41.7. The second-order valence-corrected chi connectivity index (χ2v) is 9.59. The monoisotopic (exact) mass is 482 g/mol. The van der Waals surface area contributed by atoms with E-state index in [2.05, 4.69) is 4.90 Å². The van der Waals surface area contributed by atoms with Crippen molar-refractivity contribution in [2.24, 2.45) is 0 Å². The van der Waals surface area contributed by atoms with Gasteiger partial charge in [-0.3, -0.25) is 19.3 Å². The average molecular weight is 483 g/mol. The molecule has 0 unspecified atom stereocenters. The number of aliphatic carboxylic acids is 1. The highest BCUT2D eigenvalue weighted by Crippen LogP contribution is 2.51. The summed E-state index contributed by atoms with van der Waals surface area (Å²) in [6.07, 6.45) is 2.19. The minimum Gasteiger partial charge on any atom is -0.480 e. The van der Waals surface area contributed by atoms with Gasteiger partial charge in [0.1, 0.15) is 5.41 Å². The molecule has 3 aromatic carbocycles. The van der Waals surface area contributed by atoms with Gasteiger partial charge in [-0.05, 0) is 41.6 Å². The lowest BCUT2D eigenvalue weighted by molar-refractivity contribution is -0.142. The van der Waals surface area contributed by atoms with Crippen molar-refractivity contribution in [2.45, 2.75) is 24.7 Å². The molecule has 0 aromatic heterocycles. The summed E-state index contributed by atoms with van der Waals surface area (Å²) in [6.45, 7) is 3.31. The van der Waals surface area contributed by atoms with Crippen molar-refractivity contribution in [2.75, 3.05) is 32.7 Å². The number of amides is 1. The van der Waals surface area contributed by atoms with Gasteiger partial charge in [-0.25, -0.2) is 0 Å². The van der Waals surface area contributed by atoms with Gasteiger partial charge in [-0.15, -0.1) is 0 Å². The molecule has 1 heterocycles. The van der Waals surface area contributed by atoms with Crippen LogP contribution in [0.5, 0.6) is 0 Å². The first-order valence-electron chi connectivity index (χ1n) is 12.6. The van der Waals surface area contributed by atoms with Gasteiger partial charge in [0.15, 0.2) is 0 Å². The molecule has 6 nitrogen and oxygen atoms in total. The van der Waals surface area contributed by atoms with Crippen LogP contribution in [0.3, 0.4) is 0 Å². The van der Waals surface area contributed by atoms with Gasteiger partial charge >= 0.3 is 5.97 Å². The van der Waals surface area contributed by atoms with E-state index in [1.165, 1.54) is 0 Å². The molecule has 1 N–H and O–H groups in total. The van der Waals surface area contributed by atoms with E-state index >= 15 is 0 Å². The predicted octanol–water partition coefficient (Wildman–Crippen LogP) is 4.24. The van der Waals surface area contributed by atoms with Gasteiger partial charge in [0.25, 0.3) is 5.91 Å². The van der Waals surface area contributed by atoms with E-state index < -0.39 is 23.1 Å². The number of carbonyl (C=O) groups excluding carboxylic acids is 2. The standard InChI is InChI=1S/C30H30N2O4/c33-27(22-10-2-1-3-11-22)28(34)32-20-18-31(19-21-32)17-9-8-16-30(29(35)36)25-14-6-4-12-23(25)24-13-5-7-15-26(24)30/h1-7,10-15H,8-9,16-21H2,(H,35,36). The Balaban J connectivity index is 1.17. The summed E-state index contributed by atoms with van der Waals surface area (Å²) in [5.74, 6) is -1.70. The lowest BCUT2D eigenvalue weighted by Gasteiger charge is -2.34. The molecule has 3 aromatic rings. The number of unbranched alkanes of at least 4 members (excludes halogenated alkanes) is 1. The van der Waals surface area contributed by atoms with Crippen molar-refractivity contribution in [3.63, 3.8) is 0 Å². The molecule has 0 radical (unpaired) electrons.